The van der Waals surface area contributed by atoms with Crippen LogP contribution in [0.4, 0.5) is 0 Å². The van der Waals surface area contributed by atoms with Crippen LogP contribution in [0.2, 0.25) is 5.02 Å². The van der Waals surface area contributed by atoms with Crippen LogP contribution in [0.15, 0.2) is 41.0 Å². The minimum Gasteiger partial charge on any atom is -0.467 e. The number of aromatic nitrogens is 3. The van der Waals surface area contributed by atoms with E-state index in [9.17, 15) is 9.59 Å². The molecular weight excluding hydrogens is 384 g/mol. The van der Waals surface area contributed by atoms with E-state index in [1.165, 1.54) is 11.2 Å². The maximum Gasteiger partial charge on any atom is 0.359 e. The zero-order valence-corrected chi connectivity index (χ0v) is 16.4. The normalized spacial score (nSPS) is 10.7. The van der Waals surface area contributed by atoms with Gasteiger partial charge in [0.2, 0.25) is 0 Å². The Bertz CT molecular complexity index is 998. The van der Waals surface area contributed by atoms with E-state index < -0.39 is 12.6 Å². The number of ether oxygens (including phenoxy) is 1. The van der Waals surface area contributed by atoms with Crippen LogP contribution in [-0.2, 0) is 16.1 Å². The van der Waals surface area contributed by atoms with Gasteiger partial charge in [-0.15, -0.1) is 0 Å². The number of carbonyl (C=O) groups is 2. The molecule has 0 saturated heterocycles. The summed E-state index contributed by atoms with van der Waals surface area (Å²) in [4.78, 5) is 30.2. The summed E-state index contributed by atoms with van der Waals surface area (Å²) in [6, 6.07) is 8.57. The zero-order chi connectivity index (χ0) is 20.3. The quantitative estimate of drug-likeness (QED) is 0.589. The molecule has 0 bridgehead atoms. The highest BCUT2D eigenvalue weighted by molar-refractivity contribution is 6.33. The molecule has 1 amide bonds. The number of nitrogens with zero attached hydrogens (tertiary/aromatic N) is 4. The van der Waals surface area contributed by atoms with Gasteiger partial charge in [-0.05, 0) is 44.2 Å². The number of hydrogen-bond donors (Lipinski definition) is 0. The fourth-order valence-electron chi connectivity index (χ4n) is 2.58. The molecule has 8 nitrogen and oxygen atoms in total. The first-order chi connectivity index (χ1) is 13.3. The number of aryl methyl sites for hydroxylation is 2. The lowest BCUT2D eigenvalue weighted by molar-refractivity contribution is -0.134. The van der Waals surface area contributed by atoms with Gasteiger partial charge in [0.15, 0.2) is 18.1 Å². The molecule has 0 unspecified atom stereocenters. The van der Waals surface area contributed by atoms with Crippen molar-refractivity contribution in [3.63, 3.8) is 0 Å². The summed E-state index contributed by atoms with van der Waals surface area (Å²) < 4.78 is 11.9. The minimum atomic E-state index is -0.784. The Morgan fingerprint density at radius 1 is 1.29 bits per heavy atom. The molecule has 0 aliphatic rings. The van der Waals surface area contributed by atoms with Crippen LogP contribution in [-0.4, -0.2) is 45.2 Å². The molecular formula is C19H19ClN4O4. The number of hydrogen-bond acceptors (Lipinski definition) is 6. The zero-order valence-electron chi connectivity index (χ0n) is 15.7. The Balaban J connectivity index is 1.67. The summed E-state index contributed by atoms with van der Waals surface area (Å²) in [5.41, 5.74) is 1.61. The highest BCUT2D eigenvalue weighted by Crippen LogP contribution is 2.18. The number of halogens is 1. The molecule has 0 radical (unpaired) electrons. The molecule has 9 heteroatoms. The van der Waals surface area contributed by atoms with Crippen molar-refractivity contribution in [1.82, 2.24) is 19.7 Å². The smallest absolute Gasteiger partial charge is 0.359 e. The van der Waals surface area contributed by atoms with E-state index in [0.29, 0.717) is 11.6 Å². The summed E-state index contributed by atoms with van der Waals surface area (Å²) >= 11 is 6.10. The predicted octanol–water partition coefficient (Wildman–Crippen LogP) is 2.95. The number of pyridine rings is 1. The Morgan fingerprint density at radius 2 is 2.07 bits per heavy atom. The largest absolute Gasteiger partial charge is 0.467 e. The van der Waals surface area contributed by atoms with Gasteiger partial charge < -0.3 is 14.1 Å². The topological polar surface area (TPSA) is 90.5 Å². The molecule has 3 aromatic rings. The van der Waals surface area contributed by atoms with Crippen molar-refractivity contribution in [3.8, 4) is 5.82 Å². The van der Waals surface area contributed by atoms with Crippen molar-refractivity contribution in [2.45, 2.75) is 20.4 Å². The molecule has 0 aliphatic carbocycles. The SMILES string of the molecule is Cc1cc(C)n(-c2ccc(Cl)c(C(=O)OCC(=O)N(C)Cc3ccco3)n2)n1. The van der Waals surface area contributed by atoms with E-state index in [-0.39, 0.29) is 23.2 Å². The first kappa shape index (κ1) is 19.6. The molecule has 0 spiro atoms. The van der Waals surface area contributed by atoms with Gasteiger partial charge in [-0.3, -0.25) is 4.79 Å². The molecule has 0 aliphatic heterocycles. The standard InChI is InChI=1S/C19H19ClN4O4/c1-12-9-13(2)24(22-12)16-7-6-15(20)18(21-16)19(26)28-11-17(25)23(3)10-14-5-4-8-27-14/h4-9H,10-11H2,1-3H3. The molecule has 0 fully saturated rings. The maximum atomic E-state index is 12.4. The molecule has 0 aromatic carbocycles. The third-order valence-corrected chi connectivity index (χ3v) is 4.28. The number of carbonyl (C=O) groups excluding carboxylic acids is 2. The van der Waals surface area contributed by atoms with Crippen LogP contribution in [0, 0.1) is 13.8 Å². The van der Waals surface area contributed by atoms with Crippen molar-refractivity contribution < 1.29 is 18.7 Å². The van der Waals surface area contributed by atoms with Crippen molar-refractivity contribution >= 4 is 23.5 Å². The number of amides is 1. The Kier molecular flexibility index (Phi) is 5.79. The average molecular weight is 403 g/mol. The molecule has 28 heavy (non-hydrogen) atoms. The highest BCUT2D eigenvalue weighted by Gasteiger charge is 2.19. The van der Waals surface area contributed by atoms with Crippen LogP contribution < -0.4 is 0 Å². The van der Waals surface area contributed by atoms with Gasteiger partial charge in [-0.2, -0.15) is 5.10 Å². The minimum absolute atomic E-state index is 0.0757. The van der Waals surface area contributed by atoms with Gasteiger partial charge in [0.1, 0.15) is 5.76 Å². The van der Waals surface area contributed by atoms with Gasteiger partial charge in [0.25, 0.3) is 5.91 Å². The number of rotatable bonds is 6. The fourth-order valence-corrected chi connectivity index (χ4v) is 2.77. The molecule has 3 rings (SSSR count). The first-order valence-electron chi connectivity index (χ1n) is 8.49. The molecule has 3 aromatic heterocycles. The second kappa shape index (κ2) is 8.26. The van der Waals surface area contributed by atoms with Gasteiger partial charge >= 0.3 is 5.97 Å². The molecule has 0 N–H and O–H groups in total. The number of esters is 1. The van der Waals surface area contributed by atoms with E-state index in [2.05, 4.69) is 10.1 Å². The van der Waals surface area contributed by atoms with Crippen molar-refractivity contribution in [2.24, 2.45) is 0 Å². The lowest BCUT2D eigenvalue weighted by Crippen LogP contribution is -2.30. The Morgan fingerprint density at radius 3 is 2.71 bits per heavy atom. The summed E-state index contributed by atoms with van der Waals surface area (Å²) in [5.74, 6) is -0.101. The van der Waals surface area contributed by atoms with Crippen molar-refractivity contribution in [2.75, 3.05) is 13.7 Å². The van der Waals surface area contributed by atoms with Crippen LogP contribution >= 0.6 is 11.6 Å². The van der Waals surface area contributed by atoms with E-state index in [1.54, 1.807) is 36.0 Å². The first-order valence-corrected chi connectivity index (χ1v) is 8.86. The summed E-state index contributed by atoms with van der Waals surface area (Å²) in [5, 5.41) is 4.46. The van der Waals surface area contributed by atoms with E-state index >= 15 is 0 Å². The van der Waals surface area contributed by atoms with Crippen LogP contribution in [0.1, 0.15) is 27.6 Å². The second-order valence-electron chi connectivity index (χ2n) is 6.24. The van der Waals surface area contributed by atoms with Gasteiger partial charge in [0.05, 0.1) is 23.5 Å². The summed E-state index contributed by atoms with van der Waals surface area (Å²) in [6.07, 6.45) is 1.52. The fraction of sp³-hybridized carbons (Fsp3) is 0.263. The van der Waals surface area contributed by atoms with Crippen LogP contribution in [0.5, 0.6) is 0 Å². The summed E-state index contributed by atoms with van der Waals surface area (Å²) in [7, 11) is 1.59. The highest BCUT2D eigenvalue weighted by atomic mass is 35.5. The number of likely N-dealkylation sites (N-methyl/N-ethyl adjacent to an activating group) is 1. The maximum absolute atomic E-state index is 12.4. The average Bonchev–Trinajstić information content (AvgIpc) is 3.28. The third-order valence-electron chi connectivity index (χ3n) is 3.98. The summed E-state index contributed by atoms with van der Waals surface area (Å²) in [6.45, 7) is 3.58. The van der Waals surface area contributed by atoms with Crippen LogP contribution in [0.3, 0.4) is 0 Å². The molecule has 3 heterocycles. The molecule has 0 atom stereocenters. The molecule has 0 saturated carbocycles. The Labute approximate surface area is 166 Å². The van der Waals surface area contributed by atoms with Crippen molar-refractivity contribution in [1.29, 1.82) is 0 Å². The third kappa shape index (κ3) is 4.40. The van der Waals surface area contributed by atoms with Gasteiger partial charge in [-0.1, -0.05) is 11.6 Å². The van der Waals surface area contributed by atoms with E-state index in [1.807, 2.05) is 19.9 Å². The monoisotopic (exact) mass is 402 g/mol. The Hall–Kier alpha value is -3.13. The van der Waals surface area contributed by atoms with Gasteiger partial charge in [-0.25, -0.2) is 14.5 Å². The second-order valence-corrected chi connectivity index (χ2v) is 6.65. The van der Waals surface area contributed by atoms with Gasteiger partial charge in [0, 0.05) is 12.7 Å². The van der Waals surface area contributed by atoms with E-state index in [4.69, 9.17) is 20.8 Å². The lowest BCUT2D eigenvalue weighted by atomic mass is 10.3. The predicted molar refractivity (Wildman–Crippen MR) is 101 cm³/mol. The number of furan rings is 1. The van der Waals surface area contributed by atoms with E-state index in [0.717, 1.165) is 11.4 Å². The lowest BCUT2D eigenvalue weighted by Gasteiger charge is -2.15. The molecule has 146 valence electrons. The van der Waals surface area contributed by atoms with Crippen LogP contribution in [0.25, 0.3) is 5.82 Å². The van der Waals surface area contributed by atoms with Crippen molar-refractivity contribution in [3.05, 3.63) is 64.5 Å².